The fourth-order valence-corrected chi connectivity index (χ4v) is 2.97. The second-order valence-electron chi connectivity index (χ2n) is 4.55. The van der Waals surface area contributed by atoms with Gasteiger partial charge in [-0.1, -0.05) is 16.8 Å². The molecule has 22 heavy (non-hydrogen) atoms. The van der Waals surface area contributed by atoms with E-state index in [9.17, 15) is 13.6 Å². The molecule has 1 aromatic heterocycles. The molecule has 3 rings (SSSR count). The molecule has 1 amide bonds. The Labute approximate surface area is 133 Å². The number of hydrogen-bond donors (Lipinski definition) is 1. The first-order chi connectivity index (χ1) is 10.5. The summed E-state index contributed by atoms with van der Waals surface area (Å²) in [5.74, 6) is -2.11. The lowest BCUT2D eigenvalue weighted by molar-refractivity contribution is -0.125. The number of anilines is 1. The lowest BCUT2D eigenvalue weighted by atomic mass is 10.1. The first-order valence-corrected chi connectivity index (χ1v) is 7.46. The fraction of sp³-hybridized carbons (Fsp3) is 0.143. The monoisotopic (exact) mass is 342 g/mol. The second kappa shape index (κ2) is 6.02. The van der Waals surface area contributed by atoms with Crippen LogP contribution in [0.15, 0.2) is 35.5 Å². The van der Waals surface area contributed by atoms with Crippen LogP contribution in [-0.4, -0.2) is 17.7 Å². The highest BCUT2D eigenvalue weighted by Crippen LogP contribution is 2.27. The van der Waals surface area contributed by atoms with Crippen LogP contribution in [0, 0.1) is 11.6 Å². The molecule has 0 fully saturated rings. The maximum atomic E-state index is 13.5. The van der Waals surface area contributed by atoms with Gasteiger partial charge in [0, 0.05) is 12.5 Å². The van der Waals surface area contributed by atoms with Crippen LogP contribution >= 0.6 is 22.9 Å². The number of benzene rings is 1. The highest BCUT2D eigenvalue weighted by molar-refractivity contribution is 7.18. The summed E-state index contributed by atoms with van der Waals surface area (Å²) in [5, 5.41) is 6.21. The van der Waals surface area contributed by atoms with E-state index in [0.717, 1.165) is 17.0 Å². The number of nitrogens with one attached hydrogen (secondary N) is 1. The smallest absolute Gasteiger partial charge is 0.268 e. The molecule has 0 radical (unpaired) electrons. The van der Waals surface area contributed by atoms with Crippen LogP contribution in [0.25, 0.3) is 0 Å². The lowest BCUT2D eigenvalue weighted by Crippen LogP contribution is -2.28. The van der Waals surface area contributed by atoms with Crippen LogP contribution in [0.3, 0.4) is 0 Å². The van der Waals surface area contributed by atoms with E-state index in [1.54, 1.807) is 12.1 Å². The Morgan fingerprint density at radius 1 is 1.36 bits per heavy atom. The van der Waals surface area contributed by atoms with E-state index < -0.39 is 23.6 Å². The van der Waals surface area contributed by atoms with Crippen molar-refractivity contribution in [2.45, 2.75) is 12.5 Å². The molecule has 0 bridgehead atoms. The van der Waals surface area contributed by atoms with Crippen molar-refractivity contribution < 1.29 is 18.4 Å². The van der Waals surface area contributed by atoms with E-state index in [0.29, 0.717) is 16.1 Å². The zero-order valence-electron chi connectivity index (χ0n) is 11.0. The van der Waals surface area contributed by atoms with Crippen molar-refractivity contribution in [3.63, 3.8) is 0 Å². The zero-order chi connectivity index (χ0) is 15.7. The summed E-state index contributed by atoms with van der Waals surface area (Å²) in [6.07, 6.45) is -0.605. The number of rotatable bonds is 3. The standard InChI is InChI=1S/C14H9ClF2N2O2S/c15-13-4-3-12(22-13)10-6-11(21-19-10)14(20)18-9-2-1-7(16)5-8(9)17/h1-5,11H,6H2,(H,18,20). The van der Waals surface area contributed by atoms with Crippen LogP contribution in [0.4, 0.5) is 14.5 Å². The Bertz CT molecular complexity index is 763. The topological polar surface area (TPSA) is 50.7 Å². The van der Waals surface area contributed by atoms with Gasteiger partial charge >= 0.3 is 0 Å². The minimum Gasteiger partial charge on any atom is -0.382 e. The average molecular weight is 343 g/mol. The van der Waals surface area contributed by atoms with E-state index >= 15 is 0 Å². The van der Waals surface area contributed by atoms with Crippen LogP contribution < -0.4 is 5.32 Å². The quantitative estimate of drug-likeness (QED) is 0.922. The summed E-state index contributed by atoms with van der Waals surface area (Å²) in [5.41, 5.74) is 0.499. The van der Waals surface area contributed by atoms with Gasteiger partial charge in [0.25, 0.3) is 5.91 Å². The van der Waals surface area contributed by atoms with Crippen LogP contribution in [0.5, 0.6) is 0 Å². The maximum absolute atomic E-state index is 13.5. The molecule has 1 N–H and O–H groups in total. The Balaban J connectivity index is 1.65. The highest BCUT2D eigenvalue weighted by atomic mass is 35.5. The van der Waals surface area contributed by atoms with Crippen molar-refractivity contribution in [1.29, 1.82) is 0 Å². The molecule has 2 heterocycles. The van der Waals surface area contributed by atoms with Gasteiger partial charge in [-0.15, -0.1) is 11.3 Å². The average Bonchev–Trinajstić information content (AvgIpc) is 3.10. The van der Waals surface area contributed by atoms with Crippen LogP contribution in [0.2, 0.25) is 4.34 Å². The Kier molecular flexibility index (Phi) is 4.08. The molecule has 1 unspecified atom stereocenters. The predicted molar refractivity (Wildman–Crippen MR) is 80.3 cm³/mol. The largest absolute Gasteiger partial charge is 0.382 e. The number of oxime groups is 1. The van der Waals surface area contributed by atoms with Gasteiger partial charge in [-0.2, -0.15) is 0 Å². The molecule has 0 saturated heterocycles. The third kappa shape index (κ3) is 3.10. The summed E-state index contributed by atoms with van der Waals surface area (Å²) < 4.78 is 26.9. The van der Waals surface area contributed by atoms with Crippen molar-refractivity contribution in [3.05, 3.63) is 51.2 Å². The van der Waals surface area contributed by atoms with E-state index in [1.807, 2.05) is 0 Å². The number of carbonyl (C=O) groups excluding carboxylic acids is 1. The van der Waals surface area contributed by atoms with Gasteiger partial charge in [0.15, 0.2) is 0 Å². The molecule has 0 aliphatic carbocycles. The number of halogens is 3. The second-order valence-corrected chi connectivity index (χ2v) is 6.27. The van der Waals surface area contributed by atoms with Crippen LogP contribution in [0.1, 0.15) is 11.3 Å². The van der Waals surface area contributed by atoms with Crippen molar-refractivity contribution in [2.24, 2.45) is 5.16 Å². The van der Waals surface area contributed by atoms with Crippen LogP contribution in [-0.2, 0) is 9.63 Å². The third-order valence-electron chi connectivity index (χ3n) is 3.01. The molecule has 1 aliphatic heterocycles. The Morgan fingerprint density at radius 2 is 2.18 bits per heavy atom. The van der Waals surface area contributed by atoms with Gasteiger partial charge in [0.1, 0.15) is 17.3 Å². The summed E-state index contributed by atoms with van der Waals surface area (Å²) in [7, 11) is 0. The molecular formula is C14H9ClF2N2O2S. The molecule has 1 aliphatic rings. The van der Waals surface area contributed by atoms with E-state index in [-0.39, 0.29) is 12.1 Å². The minimum absolute atomic E-state index is 0.109. The molecule has 2 aromatic rings. The maximum Gasteiger partial charge on any atom is 0.268 e. The summed E-state index contributed by atoms with van der Waals surface area (Å²) >= 11 is 7.17. The molecule has 1 atom stereocenters. The first-order valence-electron chi connectivity index (χ1n) is 6.27. The molecule has 0 saturated carbocycles. The zero-order valence-corrected chi connectivity index (χ0v) is 12.5. The molecule has 0 spiro atoms. The Morgan fingerprint density at radius 3 is 2.86 bits per heavy atom. The van der Waals surface area contributed by atoms with Gasteiger partial charge in [-0.05, 0) is 24.3 Å². The van der Waals surface area contributed by atoms with Crippen molar-refractivity contribution >= 4 is 40.2 Å². The minimum atomic E-state index is -0.861. The molecule has 8 heteroatoms. The van der Waals surface area contributed by atoms with Gasteiger partial charge in [-0.3, -0.25) is 4.79 Å². The normalized spacial score (nSPS) is 17.0. The van der Waals surface area contributed by atoms with Crippen molar-refractivity contribution in [1.82, 2.24) is 0 Å². The number of carbonyl (C=O) groups is 1. The third-order valence-corrected chi connectivity index (χ3v) is 4.29. The van der Waals surface area contributed by atoms with E-state index in [2.05, 4.69) is 10.5 Å². The Hall–Kier alpha value is -1.99. The molecular weight excluding hydrogens is 334 g/mol. The predicted octanol–water partition coefficient (Wildman–Crippen LogP) is 3.81. The number of amides is 1. The summed E-state index contributed by atoms with van der Waals surface area (Å²) in [6, 6.07) is 6.42. The van der Waals surface area contributed by atoms with Gasteiger partial charge in [-0.25, -0.2) is 8.78 Å². The summed E-state index contributed by atoms with van der Waals surface area (Å²) in [6.45, 7) is 0. The van der Waals surface area contributed by atoms with Gasteiger partial charge in [0.2, 0.25) is 6.10 Å². The lowest BCUT2D eigenvalue weighted by Gasteiger charge is -2.10. The molecule has 4 nitrogen and oxygen atoms in total. The molecule has 1 aromatic carbocycles. The molecule has 114 valence electrons. The summed E-state index contributed by atoms with van der Waals surface area (Å²) in [4.78, 5) is 17.9. The van der Waals surface area contributed by atoms with Crippen molar-refractivity contribution in [2.75, 3.05) is 5.32 Å². The van der Waals surface area contributed by atoms with E-state index in [1.165, 1.54) is 11.3 Å². The first kappa shape index (κ1) is 14.9. The SMILES string of the molecule is O=C(Nc1ccc(F)cc1F)C1CC(c2ccc(Cl)s2)=NO1. The number of thiophene rings is 1. The van der Waals surface area contributed by atoms with E-state index in [4.69, 9.17) is 16.4 Å². The van der Waals surface area contributed by atoms with Crippen molar-refractivity contribution in [3.8, 4) is 0 Å². The highest BCUT2D eigenvalue weighted by Gasteiger charge is 2.30. The van der Waals surface area contributed by atoms with Gasteiger partial charge < -0.3 is 10.2 Å². The fourth-order valence-electron chi connectivity index (χ4n) is 1.94. The number of nitrogens with zero attached hydrogens (tertiary/aromatic N) is 1. The number of hydrogen-bond acceptors (Lipinski definition) is 4. The van der Waals surface area contributed by atoms with Gasteiger partial charge in [0.05, 0.1) is 14.9 Å².